The summed E-state index contributed by atoms with van der Waals surface area (Å²) < 4.78 is 2.09. The van der Waals surface area contributed by atoms with Crippen LogP contribution in [0.3, 0.4) is 0 Å². The number of hydrogen-bond donors (Lipinski definition) is 1. The Morgan fingerprint density at radius 1 is 1.21 bits per heavy atom. The molecule has 0 unspecified atom stereocenters. The highest BCUT2D eigenvalue weighted by molar-refractivity contribution is 7.98. The van der Waals surface area contributed by atoms with E-state index in [1.54, 1.807) is 11.8 Å². The minimum Gasteiger partial charge on any atom is -0.354 e. The van der Waals surface area contributed by atoms with Crippen molar-refractivity contribution in [2.75, 3.05) is 11.6 Å². The van der Waals surface area contributed by atoms with Gasteiger partial charge in [0.15, 0.2) is 0 Å². The lowest BCUT2D eigenvalue weighted by Crippen LogP contribution is -2.12. The summed E-state index contributed by atoms with van der Waals surface area (Å²) in [6, 6.07) is 11.9. The molecule has 0 aliphatic carbocycles. The quantitative estimate of drug-likeness (QED) is 0.816. The van der Waals surface area contributed by atoms with Gasteiger partial charge in [-0.05, 0) is 36.9 Å². The molecule has 0 bridgehead atoms. The number of benzene rings is 1. The van der Waals surface area contributed by atoms with Gasteiger partial charge in [0.1, 0.15) is 0 Å². The molecule has 3 nitrogen and oxygen atoms in total. The van der Waals surface area contributed by atoms with Gasteiger partial charge in [-0.3, -0.25) is 4.79 Å². The Hall–Kier alpha value is -1.68. The Morgan fingerprint density at radius 2 is 1.95 bits per heavy atom. The SMILES string of the molecule is CSc1ccccc1NC(=O)CCCn1cccc1. The van der Waals surface area contributed by atoms with E-state index in [9.17, 15) is 4.79 Å². The van der Waals surface area contributed by atoms with E-state index in [0.29, 0.717) is 6.42 Å². The summed E-state index contributed by atoms with van der Waals surface area (Å²) in [6.45, 7) is 0.880. The number of nitrogens with one attached hydrogen (secondary N) is 1. The van der Waals surface area contributed by atoms with Gasteiger partial charge in [-0.1, -0.05) is 12.1 Å². The van der Waals surface area contributed by atoms with E-state index in [2.05, 4.69) is 9.88 Å². The number of anilines is 1. The third-order valence-corrected chi connectivity index (χ3v) is 3.66. The van der Waals surface area contributed by atoms with Gasteiger partial charge in [0.2, 0.25) is 5.91 Å². The number of para-hydroxylation sites is 1. The molecule has 0 radical (unpaired) electrons. The van der Waals surface area contributed by atoms with Crippen LogP contribution in [0.1, 0.15) is 12.8 Å². The summed E-state index contributed by atoms with van der Waals surface area (Å²) in [5.41, 5.74) is 0.904. The molecule has 19 heavy (non-hydrogen) atoms. The Kier molecular flexibility index (Phi) is 5.10. The summed E-state index contributed by atoms with van der Waals surface area (Å²) in [4.78, 5) is 13.0. The van der Waals surface area contributed by atoms with Crippen molar-refractivity contribution in [2.45, 2.75) is 24.3 Å². The molecule has 1 aromatic carbocycles. The normalized spacial score (nSPS) is 10.4. The Bertz CT molecular complexity index is 523. The maximum atomic E-state index is 11.9. The first-order chi connectivity index (χ1) is 9.29. The monoisotopic (exact) mass is 274 g/mol. The Labute approximate surface area is 118 Å². The molecule has 4 heteroatoms. The minimum atomic E-state index is 0.0775. The number of carbonyl (C=O) groups excluding carboxylic acids is 1. The second-order valence-electron chi connectivity index (χ2n) is 4.27. The molecule has 0 aliphatic heterocycles. The lowest BCUT2D eigenvalue weighted by atomic mass is 10.2. The predicted octanol–water partition coefficient (Wildman–Crippen LogP) is 3.63. The average molecular weight is 274 g/mol. The van der Waals surface area contributed by atoms with Gasteiger partial charge in [-0.2, -0.15) is 0 Å². The fourth-order valence-corrected chi connectivity index (χ4v) is 2.46. The van der Waals surface area contributed by atoms with Gasteiger partial charge in [0.05, 0.1) is 5.69 Å². The molecule has 1 heterocycles. The van der Waals surface area contributed by atoms with Crippen LogP contribution in [0, 0.1) is 0 Å². The first-order valence-corrected chi connectivity index (χ1v) is 7.55. The maximum Gasteiger partial charge on any atom is 0.224 e. The number of amides is 1. The Balaban J connectivity index is 1.80. The van der Waals surface area contributed by atoms with E-state index in [1.165, 1.54) is 0 Å². The summed E-state index contributed by atoms with van der Waals surface area (Å²) in [7, 11) is 0. The zero-order chi connectivity index (χ0) is 13.5. The highest BCUT2D eigenvalue weighted by atomic mass is 32.2. The second-order valence-corrected chi connectivity index (χ2v) is 5.12. The highest BCUT2D eigenvalue weighted by Crippen LogP contribution is 2.24. The largest absolute Gasteiger partial charge is 0.354 e. The summed E-state index contributed by atoms with van der Waals surface area (Å²) in [6.07, 6.45) is 7.43. The molecule has 0 spiro atoms. The van der Waals surface area contributed by atoms with E-state index >= 15 is 0 Å². The molecule has 1 amide bonds. The molecule has 0 fully saturated rings. The van der Waals surface area contributed by atoms with Crippen molar-refractivity contribution in [1.82, 2.24) is 4.57 Å². The molecule has 0 saturated heterocycles. The Morgan fingerprint density at radius 3 is 2.68 bits per heavy atom. The lowest BCUT2D eigenvalue weighted by Gasteiger charge is -2.09. The molecule has 2 rings (SSSR count). The molecule has 0 atom stereocenters. The fraction of sp³-hybridized carbons (Fsp3) is 0.267. The van der Waals surface area contributed by atoms with Gasteiger partial charge in [0.25, 0.3) is 0 Å². The number of hydrogen-bond acceptors (Lipinski definition) is 2. The van der Waals surface area contributed by atoms with Crippen molar-refractivity contribution in [3.63, 3.8) is 0 Å². The molecule has 0 saturated carbocycles. The van der Waals surface area contributed by atoms with Crippen molar-refractivity contribution in [1.29, 1.82) is 0 Å². The van der Waals surface area contributed by atoms with Crippen molar-refractivity contribution < 1.29 is 4.79 Å². The van der Waals surface area contributed by atoms with Gasteiger partial charge < -0.3 is 9.88 Å². The average Bonchev–Trinajstić information content (AvgIpc) is 2.92. The third kappa shape index (κ3) is 4.17. The number of rotatable bonds is 6. The summed E-state index contributed by atoms with van der Waals surface area (Å²) in [5.74, 6) is 0.0775. The van der Waals surface area contributed by atoms with Crippen LogP contribution in [0.15, 0.2) is 53.7 Å². The van der Waals surface area contributed by atoms with Gasteiger partial charge in [-0.15, -0.1) is 11.8 Å². The van der Waals surface area contributed by atoms with E-state index < -0.39 is 0 Å². The molecular weight excluding hydrogens is 256 g/mol. The first-order valence-electron chi connectivity index (χ1n) is 6.33. The predicted molar refractivity (Wildman–Crippen MR) is 80.5 cm³/mol. The van der Waals surface area contributed by atoms with Gasteiger partial charge in [-0.25, -0.2) is 0 Å². The van der Waals surface area contributed by atoms with Crippen molar-refractivity contribution in [2.24, 2.45) is 0 Å². The topological polar surface area (TPSA) is 34.0 Å². The number of aromatic nitrogens is 1. The fourth-order valence-electron chi connectivity index (χ4n) is 1.90. The zero-order valence-corrected chi connectivity index (χ0v) is 11.8. The van der Waals surface area contributed by atoms with Crippen LogP contribution < -0.4 is 5.32 Å². The van der Waals surface area contributed by atoms with Crippen LogP contribution in [0.25, 0.3) is 0 Å². The first kappa shape index (κ1) is 13.7. The van der Waals surface area contributed by atoms with Crippen LogP contribution in [-0.4, -0.2) is 16.7 Å². The van der Waals surface area contributed by atoms with Crippen molar-refractivity contribution in [3.05, 3.63) is 48.8 Å². The molecule has 2 aromatic rings. The smallest absolute Gasteiger partial charge is 0.224 e. The number of thioether (sulfide) groups is 1. The van der Waals surface area contributed by atoms with E-state index in [0.717, 1.165) is 23.5 Å². The molecular formula is C15H18N2OS. The highest BCUT2D eigenvalue weighted by Gasteiger charge is 2.05. The maximum absolute atomic E-state index is 11.9. The lowest BCUT2D eigenvalue weighted by molar-refractivity contribution is -0.116. The summed E-state index contributed by atoms with van der Waals surface area (Å²) in [5, 5.41) is 2.97. The molecule has 1 aromatic heterocycles. The number of nitrogens with zero attached hydrogens (tertiary/aromatic N) is 1. The van der Waals surface area contributed by atoms with Crippen LogP contribution in [0.4, 0.5) is 5.69 Å². The van der Waals surface area contributed by atoms with Crippen LogP contribution in [0.5, 0.6) is 0 Å². The van der Waals surface area contributed by atoms with Crippen molar-refractivity contribution in [3.8, 4) is 0 Å². The van der Waals surface area contributed by atoms with E-state index in [4.69, 9.17) is 0 Å². The minimum absolute atomic E-state index is 0.0775. The number of aryl methyl sites for hydroxylation is 1. The van der Waals surface area contributed by atoms with E-state index in [1.807, 2.05) is 55.0 Å². The summed E-state index contributed by atoms with van der Waals surface area (Å²) >= 11 is 1.64. The third-order valence-electron chi connectivity index (χ3n) is 2.87. The second kappa shape index (κ2) is 7.04. The van der Waals surface area contributed by atoms with Crippen LogP contribution >= 0.6 is 11.8 Å². The number of carbonyl (C=O) groups is 1. The molecule has 1 N–H and O–H groups in total. The zero-order valence-electron chi connectivity index (χ0n) is 11.0. The van der Waals surface area contributed by atoms with Crippen LogP contribution in [-0.2, 0) is 11.3 Å². The molecule has 100 valence electrons. The standard InChI is InChI=1S/C15H18N2OS/c1-19-14-8-3-2-7-13(14)16-15(18)9-6-12-17-10-4-5-11-17/h2-5,7-8,10-11H,6,9,12H2,1H3,(H,16,18). The van der Waals surface area contributed by atoms with Gasteiger partial charge in [0, 0.05) is 30.3 Å². The van der Waals surface area contributed by atoms with Crippen LogP contribution in [0.2, 0.25) is 0 Å². The molecule has 0 aliphatic rings. The van der Waals surface area contributed by atoms with E-state index in [-0.39, 0.29) is 5.91 Å². The van der Waals surface area contributed by atoms with Gasteiger partial charge >= 0.3 is 0 Å². The van der Waals surface area contributed by atoms with Crippen molar-refractivity contribution >= 4 is 23.4 Å².